The number of hydrogen-bond donors (Lipinski definition) is 1. The molecule has 0 fully saturated rings. The summed E-state index contributed by atoms with van der Waals surface area (Å²) in [6.45, 7) is 0.984. The predicted octanol–water partition coefficient (Wildman–Crippen LogP) is 4.40. The number of rotatable bonds is 4. The molecule has 0 saturated carbocycles. The highest BCUT2D eigenvalue weighted by atomic mass is 79.9. The van der Waals surface area contributed by atoms with Crippen molar-refractivity contribution in [1.82, 2.24) is 0 Å². The summed E-state index contributed by atoms with van der Waals surface area (Å²) >= 11 is 9.50. The van der Waals surface area contributed by atoms with Crippen LogP contribution in [0.1, 0.15) is 11.1 Å². The Labute approximate surface area is 120 Å². The van der Waals surface area contributed by atoms with E-state index in [1.807, 2.05) is 42.5 Å². The van der Waals surface area contributed by atoms with Gasteiger partial charge in [-0.1, -0.05) is 41.9 Å². The number of ether oxygens (including phenoxy) is 1. The highest BCUT2D eigenvalue weighted by Gasteiger charge is 2.04. The highest BCUT2D eigenvalue weighted by molar-refractivity contribution is 9.10. The summed E-state index contributed by atoms with van der Waals surface area (Å²) in [6, 6.07) is 13.4. The van der Waals surface area contributed by atoms with Crippen LogP contribution in [0.3, 0.4) is 0 Å². The fourth-order valence-corrected chi connectivity index (χ4v) is 2.17. The number of nitrogen functional groups attached to an aromatic ring is 1. The maximum Gasteiger partial charge on any atom is 0.0735 e. The first-order valence-electron chi connectivity index (χ1n) is 5.52. The first kappa shape index (κ1) is 13.4. The summed E-state index contributed by atoms with van der Waals surface area (Å²) in [6.07, 6.45) is 0. The molecule has 2 N–H and O–H groups in total. The Balaban J connectivity index is 1.97. The largest absolute Gasteiger partial charge is 0.398 e. The van der Waals surface area contributed by atoms with Crippen LogP contribution in [0.4, 0.5) is 5.69 Å². The van der Waals surface area contributed by atoms with Gasteiger partial charge in [-0.15, -0.1) is 0 Å². The van der Waals surface area contributed by atoms with Gasteiger partial charge in [0.25, 0.3) is 0 Å². The minimum absolute atomic E-state index is 0.487. The quantitative estimate of drug-likeness (QED) is 0.845. The van der Waals surface area contributed by atoms with Crippen molar-refractivity contribution in [3.8, 4) is 0 Å². The Morgan fingerprint density at radius 3 is 2.44 bits per heavy atom. The average Bonchev–Trinajstić information content (AvgIpc) is 2.37. The van der Waals surface area contributed by atoms with Gasteiger partial charge >= 0.3 is 0 Å². The summed E-state index contributed by atoms with van der Waals surface area (Å²) in [5, 5.41) is 0.726. The second-order valence-corrected chi connectivity index (χ2v) is 5.10. The van der Waals surface area contributed by atoms with Crippen LogP contribution in [-0.2, 0) is 18.0 Å². The molecule has 2 nitrogen and oxygen atoms in total. The fraction of sp³-hybridized carbons (Fsp3) is 0.143. The summed E-state index contributed by atoms with van der Waals surface area (Å²) in [7, 11) is 0. The average molecular weight is 327 g/mol. The normalized spacial score (nSPS) is 10.6. The molecule has 4 heteroatoms. The van der Waals surface area contributed by atoms with Crippen LogP contribution in [-0.4, -0.2) is 0 Å². The lowest BCUT2D eigenvalue weighted by Gasteiger charge is -2.09. The van der Waals surface area contributed by atoms with Gasteiger partial charge in [-0.05, 0) is 39.2 Å². The Hall–Kier alpha value is -1.03. The second-order valence-electron chi connectivity index (χ2n) is 3.90. The van der Waals surface area contributed by atoms with E-state index in [2.05, 4.69) is 15.9 Å². The van der Waals surface area contributed by atoms with Crippen LogP contribution in [0.15, 0.2) is 46.9 Å². The molecule has 0 atom stereocenters. The molecule has 0 amide bonds. The number of anilines is 1. The summed E-state index contributed by atoms with van der Waals surface area (Å²) < 4.78 is 6.55. The van der Waals surface area contributed by atoms with Gasteiger partial charge in [0.1, 0.15) is 0 Å². The highest BCUT2D eigenvalue weighted by Crippen LogP contribution is 2.25. The van der Waals surface area contributed by atoms with E-state index in [0.717, 1.165) is 20.6 Å². The zero-order valence-corrected chi connectivity index (χ0v) is 12.0. The summed E-state index contributed by atoms with van der Waals surface area (Å²) in [5.74, 6) is 0. The number of hydrogen-bond acceptors (Lipinski definition) is 2. The molecule has 0 aliphatic rings. The maximum atomic E-state index is 6.05. The minimum Gasteiger partial charge on any atom is -0.398 e. The molecule has 0 aliphatic carbocycles. The molecule has 18 heavy (non-hydrogen) atoms. The van der Waals surface area contributed by atoms with Crippen molar-refractivity contribution in [3.05, 3.63) is 63.1 Å². The van der Waals surface area contributed by atoms with Gasteiger partial charge < -0.3 is 10.5 Å². The van der Waals surface area contributed by atoms with Crippen LogP contribution < -0.4 is 5.73 Å². The first-order chi connectivity index (χ1) is 8.68. The van der Waals surface area contributed by atoms with Crippen molar-refractivity contribution in [2.24, 2.45) is 0 Å². The van der Waals surface area contributed by atoms with Gasteiger partial charge in [-0.2, -0.15) is 0 Å². The molecule has 94 valence electrons. The lowest BCUT2D eigenvalue weighted by molar-refractivity contribution is 0.107. The van der Waals surface area contributed by atoms with E-state index in [1.165, 1.54) is 0 Å². The molecule has 0 saturated heterocycles. The summed E-state index contributed by atoms with van der Waals surface area (Å²) in [4.78, 5) is 0. The molecule has 0 heterocycles. The smallest absolute Gasteiger partial charge is 0.0735 e. The van der Waals surface area contributed by atoms with Gasteiger partial charge in [0.2, 0.25) is 0 Å². The molecule has 0 unspecified atom stereocenters. The van der Waals surface area contributed by atoms with Crippen molar-refractivity contribution in [1.29, 1.82) is 0 Å². The lowest BCUT2D eigenvalue weighted by atomic mass is 10.2. The van der Waals surface area contributed by atoms with E-state index < -0.39 is 0 Å². The first-order valence-corrected chi connectivity index (χ1v) is 6.69. The van der Waals surface area contributed by atoms with Crippen LogP contribution in [0.2, 0.25) is 5.02 Å². The van der Waals surface area contributed by atoms with Gasteiger partial charge in [-0.3, -0.25) is 0 Å². The molecule has 0 bridgehead atoms. The van der Waals surface area contributed by atoms with Gasteiger partial charge in [-0.25, -0.2) is 0 Å². The molecular formula is C14H13BrClNO. The number of halogens is 2. The molecule has 0 spiro atoms. The Morgan fingerprint density at radius 1 is 1.00 bits per heavy atom. The zero-order chi connectivity index (χ0) is 13.0. The van der Waals surface area contributed by atoms with Crippen LogP contribution in [0.5, 0.6) is 0 Å². The van der Waals surface area contributed by atoms with E-state index in [4.69, 9.17) is 22.1 Å². The molecule has 2 aromatic carbocycles. The molecule has 2 rings (SSSR count). The zero-order valence-electron chi connectivity index (χ0n) is 9.70. The number of benzene rings is 2. The Morgan fingerprint density at radius 2 is 1.67 bits per heavy atom. The van der Waals surface area contributed by atoms with Gasteiger partial charge in [0, 0.05) is 15.2 Å². The molecule has 0 aromatic heterocycles. The third-order valence-electron chi connectivity index (χ3n) is 2.58. The standard InChI is InChI=1S/C14H13BrClNO/c15-14-11(5-3-7-13(14)17)9-18-8-10-4-1-2-6-12(10)16/h1-7H,8-9,17H2. The fourth-order valence-electron chi connectivity index (χ4n) is 1.60. The third kappa shape index (κ3) is 3.25. The van der Waals surface area contributed by atoms with Crippen LogP contribution in [0.25, 0.3) is 0 Å². The predicted molar refractivity (Wildman–Crippen MR) is 78.5 cm³/mol. The van der Waals surface area contributed by atoms with E-state index in [-0.39, 0.29) is 0 Å². The van der Waals surface area contributed by atoms with Crippen molar-refractivity contribution < 1.29 is 4.74 Å². The third-order valence-corrected chi connectivity index (χ3v) is 3.92. The van der Waals surface area contributed by atoms with Crippen molar-refractivity contribution in [2.45, 2.75) is 13.2 Å². The number of nitrogens with two attached hydrogens (primary N) is 1. The monoisotopic (exact) mass is 325 g/mol. The SMILES string of the molecule is Nc1cccc(COCc2ccccc2Cl)c1Br. The molecule has 0 aliphatic heterocycles. The van der Waals surface area contributed by atoms with Crippen LogP contribution in [0, 0.1) is 0 Å². The van der Waals surface area contributed by atoms with E-state index >= 15 is 0 Å². The van der Waals surface area contributed by atoms with Crippen LogP contribution >= 0.6 is 27.5 Å². The van der Waals surface area contributed by atoms with E-state index in [9.17, 15) is 0 Å². The van der Waals surface area contributed by atoms with E-state index in [0.29, 0.717) is 18.9 Å². The van der Waals surface area contributed by atoms with Gasteiger partial charge in [0.15, 0.2) is 0 Å². The maximum absolute atomic E-state index is 6.05. The molecule has 2 aromatic rings. The molecular weight excluding hydrogens is 314 g/mol. The lowest BCUT2D eigenvalue weighted by Crippen LogP contribution is -1.97. The van der Waals surface area contributed by atoms with E-state index in [1.54, 1.807) is 0 Å². The van der Waals surface area contributed by atoms with Crippen molar-refractivity contribution in [2.75, 3.05) is 5.73 Å². The van der Waals surface area contributed by atoms with Crippen molar-refractivity contribution in [3.63, 3.8) is 0 Å². The summed E-state index contributed by atoms with van der Waals surface area (Å²) in [5.41, 5.74) is 8.54. The minimum atomic E-state index is 0.487. The molecule has 0 radical (unpaired) electrons. The van der Waals surface area contributed by atoms with Crippen molar-refractivity contribution >= 4 is 33.2 Å². The topological polar surface area (TPSA) is 35.2 Å². The van der Waals surface area contributed by atoms with Gasteiger partial charge in [0.05, 0.1) is 13.2 Å². The Kier molecular flexibility index (Phi) is 4.64. The second kappa shape index (κ2) is 6.23. The Bertz CT molecular complexity index is 545.